The molecular weight excluding hydrogens is 665 g/mol. The zero-order valence-corrected chi connectivity index (χ0v) is 28.9. The Morgan fingerprint density at radius 2 is 1.19 bits per heavy atom. The van der Waals surface area contributed by atoms with Gasteiger partial charge in [-0.15, -0.1) is 11.3 Å². The minimum Gasteiger partial charge on any atom is -0.311 e. The van der Waals surface area contributed by atoms with Crippen molar-refractivity contribution < 1.29 is 0 Å². The molecule has 0 unspecified atom stereocenters. The Morgan fingerprint density at radius 1 is 0.604 bits per heavy atom. The molecule has 0 spiro atoms. The van der Waals surface area contributed by atoms with Gasteiger partial charge in [0.05, 0.1) is 51.1 Å². The van der Waals surface area contributed by atoms with Crippen LogP contribution in [0.1, 0.15) is 5.56 Å². The highest BCUT2D eigenvalue weighted by Crippen LogP contribution is 2.55. The number of anilines is 6. The van der Waals surface area contributed by atoms with Crippen molar-refractivity contribution in [3.8, 4) is 6.07 Å². The van der Waals surface area contributed by atoms with E-state index < -0.39 is 0 Å². The topological polar surface area (TPSA) is 39.0 Å². The van der Waals surface area contributed by atoms with Crippen LogP contribution in [0.25, 0.3) is 53.0 Å². The second-order valence-electron chi connectivity index (χ2n) is 13.8. The van der Waals surface area contributed by atoms with E-state index in [4.69, 9.17) is 6.57 Å². The standard InChI is InChI=1S/C46H24BN5S/c1-49-28-20-24-30(25-21-28)51-45-40-32-11-3-7-15-36(32)52-35-14-6-2-10-31(35)39(43(40)52)44-42(45)47(41-33-12-4-9-17-38(33)53-46(41)51)34-13-5-8-16-37(34)50(44)29-22-18-27(26-48)19-23-29/h2-25H. The van der Waals surface area contributed by atoms with Crippen molar-refractivity contribution in [2.24, 2.45) is 0 Å². The van der Waals surface area contributed by atoms with E-state index in [2.05, 4.69) is 146 Å². The lowest BCUT2D eigenvalue weighted by Gasteiger charge is -2.44. The van der Waals surface area contributed by atoms with Crippen molar-refractivity contribution >= 4 is 122 Å². The predicted octanol–water partition coefficient (Wildman–Crippen LogP) is 10.6. The highest BCUT2D eigenvalue weighted by molar-refractivity contribution is 7.26. The van der Waals surface area contributed by atoms with Gasteiger partial charge in [0.25, 0.3) is 6.71 Å². The van der Waals surface area contributed by atoms with Crippen LogP contribution in [0, 0.1) is 17.9 Å². The molecular formula is C46H24BN5S. The molecule has 12 rings (SSSR count). The first-order valence-electron chi connectivity index (χ1n) is 17.7. The number of benzene rings is 7. The fraction of sp³-hybridized carbons (Fsp3) is 0. The number of hydrogen-bond donors (Lipinski definition) is 0. The number of rotatable bonds is 2. The number of para-hydroxylation sites is 3. The van der Waals surface area contributed by atoms with Gasteiger partial charge in [0, 0.05) is 43.3 Å². The van der Waals surface area contributed by atoms with Crippen LogP contribution in [0.5, 0.6) is 0 Å². The average molecular weight is 690 g/mol. The summed E-state index contributed by atoms with van der Waals surface area (Å²) >= 11 is 1.84. The molecule has 3 aromatic heterocycles. The molecule has 0 aliphatic carbocycles. The van der Waals surface area contributed by atoms with Crippen molar-refractivity contribution in [1.29, 1.82) is 5.26 Å². The Morgan fingerprint density at radius 3 is 1.89 bits per heavy atom. The monoisotopic (exact) mass is 689 g/mol. The Labute approximate surface area is 308 Å². The molecule has 0 saturated carbocycles. The van der Waals surface area contributed by atoms with E-state index >= 15 is 0 Å². The van der Waals surface area contributed by atoms with Gasteiger partial charge in [-0.25, -0.2) is 4.85 Å². The molecule has 0 N–H and O–H groups in total. The normalized spacial score (nSPS) is 13.1. The number of thiophene rings is 1. The average Bonchev–Trinajstić information content (AvgIpc) is 3.88. The first kappa shape index (κ1) is 28.6. The number of nitrogens with zero attached hydrogens (tertiary/aromatic N) is 5. The van der Waals surface area contributed by atoms with Gasteiger partial charge in [-0.05, 0) is 82.4 Å². The SMILES string of the molecule is [C-]#[N+]c1ccc(N2c3sc4ccccc4c3B3c4ccccc4N(c4ccc(C#N)cc4)c4c3c2c2c3ccccc3n3c5ccccc5c4c23)cc1. The molecule has 7 aromatic carbocycles. The lowest BCUT2D eigenvalue weighted by molar-refractivity contribution is 1.28. The maximum Gasteiger partial charge on any atom is 0.254 e. The van der Waals surface area contributed by atoms with Crippen LogP contribution >= 0.6 is 11.3 Å². The van der Waals surface area contributed by atoms with Crippen molar-refractivity contribution in [2.75, 3.05) is 9.80 Å². The smallest absolute Gasteiger partial charge is 0.254 e. The van der Waals surface area contributed by atoms with Crippen LogP contribution < -0.4 is 26.2 Å². The molecule has 0 bridgehead atoms. The number of fused-ring (bicyclic) bond motifs is 14. The van der Waals surface area contributed by atoms with Crippen molar-refractivity contribution in [3.05, 3.63) is 163 Å². The van der Waals surface area contributed by atoms with E-state index in [-0.39, 0.29) is 6.71 Å². The quantitative estimate of drug-likeness (QED) is 0.134. The lowest BCUT2D eigenvalue weighted by atomic mass is 9.33. The summed E-state index contributed by atoms with van der Waals surface area (Å²) in [5, 5.41) is 17.1. The van der Waals surface area contributed by atoms with Crippen LogP contribution in [0.3, 0.4) is 0 Å². The van der Waals surface area contributed by atoms with E-state index in [1.54, 1.807) is 0 Å². The Bertz CT molecular complexity index is 3270. The summed E-state index contributed by atoms with van der Waals surface area (Å²) in [5.41, 5.74) is 14.1. The molecule has 53 heavy (non-hydrogen) atoms. The molecule has 242 valence electrons. The van der Waals surface area contributed by atoms with Crippen LogP contribution in [-0.2, 0) is 0 Å². The van der Waals surface area contributed by atoms with E-state index in [1.807, 2.05) is 35.6 Å². The molecule has 0 fully saturated rings. The maximum absolute atomic E-state index is 9.79. The van der Waals surface area contributed by atoms with Gasteiger partial charge in [0.2, 0.25) is 0 Å². The highest BCUT2D eigenvalue weighted by atomic mass is 32.1. The molecule has 2 aliphatic rings. The molecule has 7 heteroatoms. The summed E-state index contributed by atoms with van der Waals surface area (Å²) in [6.45, 7) is 7.68. The third kappa shape index (κ3) is 3.54. The van der Waals surface area contributed by atoms with Gasteiger partial charge < -0.3 is 14.2 Å². The van der Waals surface area contributed by atoms with E-state index in [0.29, 0.717) is 11.3 Å². The summed E-state index contributed by atoms with van der Waals surface area (Å²) < 4.78 is 3.72. The van der Waals surface area contributed by atoms with E-state index in [0.717, 1.165) is 17.1 Å². The molecule has 5 nitrogen and oxygen atoms in total. The third-order valence-electron chi connectivity index (χ3n) is 11.3. The second-order valence-corrected chi connectivity index (χ2v) is 14.9. The first-order valence-corrected chi connectivity index (χ1v) is 18.5. The third-order valence-corrected chi connectivity index (χ3v) is 12.5. The van der Waals surface area contributed by atoms with Gasteiger partial charge in [0.1, 0.15) is 0 Å². The predicted molar refractivity (Wildman–Crippen MR) is 221 cm³/mol. The molecule has 0 amide bonds. The minimum absolute atomic E-state index is 0.0497. The first-order chi connectivity index (χ1) is 26.2. The maximum atomic E-state index is 9.79. The zero-order valence-electron chi connectivity index (χ0n) is 28.1. The number of hydrogen-bond acceptors (Lipinski definition) is 4. The summed E-state index contributed by atoms with van der Waals surface area (Å²) in [4.78, 5) is 8.69. The lowest BCUT2D eigenvalue weighted by Crippen LogP contribution is -2.61. The van der Waals surface area contributed by atoms with Crippen molar-refractivity contribution in [2.45, 2.75) is 0 Å². The van der Waals surface area contributed by atoms with Crippen molar-refractivity contribution in [3.63, 3.8) is 0 Å². The van der Waals surface area contributed by atoms with Crippen LogP contribution in [0.2, 0.25) is 0 Å². The molecule has 5 heterocycles. The molecule has 0 saturated heterocycles. The molecule has 0 radical (unpaired) electrons. The van der Waals surface area contributed by atoms with Gasteiger partial charge in [-0.2, -0.15) is 5.26 Å². The molecule has 0 atom stereocenters. The van der Waals surface area contributed by atoms with Gasteiger partial charge in [-0.3, -0.25) is 0 Å². The van der Waals surface area contributed by atoms with Crippen LogP contribution in [0.15, 0.2) is 146 Å². The highest BCUT2D eigenvalue weighted by Gasteiger charge is 2.47. The summed E-state index contributed by atoms with van der Waals surface area (Å²) in [5.74, 6) is 0. The fourth-order valence-corrected chi connectivity index (χ4v) is 10.6. The van der Waals surface area contributed by atoms with Crippen molar-refractivity contribution in [1.82, 2.24) is 4.40 Å². The van der Waals surface area contributed by atoms with Crippen LogP contribution in [-0.4, -0.2) is 11.1 Å². The summed E-state index contributed by atoms with van der Waals surface area (Å²) in [6.07, 6.45) is 0. The van der Waals surface area contributed by atoms with Gasteiger partial charge >= 0.3 is 0 Å². The largest absolute Gasteiger partial charge is 0.311 e. The zero-order chi connectivity index (χ0) is 34.9. The number of aromatic nitrogens is 1. The Hall–Kier alpha value is -7.06. The minimum atomic E-state index is -0.0497. The number of nitriles is 1. The summed E-state index contributed by atoms with van der Waals surface area (Å²) in [6, 6.07) is 53.8. The van der Waals surface area contributed by atoms with Gasteiger partial charge in [0.15, 0.2) is 5.69 Å². The molecule has 2 aliphatic heterocycles. The fourth-order valence-electron chi connectivity index (χ4n) is 9.32. The van der Waals surface area contributed by atoms with Gasteiger partial charge in [-0.1, -0.05) is 84.9 Å². The summed E-state index contributed by atoms with van der Waals surface area (Å²) in [7, 11) is 0. The van der Waals surface area contributed by atoms with Crippen LogP contribution in [0.4, 0.5) is 39.1 Å². The Kier molecular flexibility index (Phi) is 5.54. The van der Waals surface area contributed by atoms with E-state index in [1.165, 1.54) is 80.9 Å². The second kappa shape index (κ2) is 10.3. The van der Waals surface area contributed by atoms with E-state index in [9.17, 15) is 5.26 Å². The Balaban J connectivity index is 1.37. The molecule has 10 aromatic rings.